The zero-order valence-corrected chi connectivity index (χ0v) is 8.70. The van der Waals surface area contributed by atoms with E-state index in [2.05, 4.69) is 32.7 Å². The van der Waals surface area contributed by atoms with Gasteiger partial charge in [-0.2, -0.15) is 5.10 Å². The van der Waals surface area contributed by atoms with Crippen LogP contribution in [-0.4, -0.2) is 28.8 Å². The fourth-order valence-electron chi connectivity index (χ4n) is 1.39. The average Bonchev–Trinajstić information content (AvgIpc) is 2.71. The van der Waals surface area contributed by atoms with Crippen LogP contribution in [0.15, 0.2) is 24.5 Å². The molecular weight excluding hydrogens is 188 g/mol. The quantitative estimate of drug-likeness (QED) is 0.740. The topological polar surface area (TPSA) is 53.6 Å². The van der Waals surface area contributed by atoms with Crippen LogP contribution >= 0.6 is 0 Å². The molecule has 0 atom stereocenters. The van der Waals surface area contributed by atoms with E-state index >= 15 is 0 Å². The van der Waals surface area contributed by atoms with Crippen LogP contribution in [0.2, 0.25) is 0 Å². The molecule has 2 rings (SSSR count). The van der Waals surface area contributed by atoms with Crippen molar-refractivity contribution in [3.8, 4) is 0 Å². The first-order chi connectivity index (χ1) is 7.40. The highest BCUT2D eigenvalue weighted by molar-refractivity contribution is 5.75. The van der Waals surface area contributed by atoms with Crippen molar-refractivity contribution in [2.75, 3.05) is 13.6 Å². The van der Waals surface area contributed by atoms with Gasteiger partial charge in [0.25, 0.3) is 0 Å². The number of aromatic amines is 1. The smallest absolute Gasteiger partial charge is 0.108 e. The summed E-state index contributed by atoms with van der Waals surface area (Å²) in [5.41, 5.74) is 2.98. The van der Waals surface area contributed by atoms with Gasteiger partial charge in [-0.25, -0.2) is 0 Å². The molecule has 4 nitrogen and oxygen atoms in total. The van der Waals surface area contributed by atoms with E-state index in [-0.39, 0.29) is 0 Å². The largest absolute Gasteiger partial charge is 0.319 e. The van der Waals surface area contributed by atoms with Crippen LogP contribution in [0.4, 0.5) is 0 Å². The molecule has 2 aromatic heterocycles. The van der Waals surface area contributed by atoms with E-state index in [4.69, 9.17) is 0 Å². The van der Waals surface area contributed by atoms with Crippen molar-refractivity contribution in [3.05, 3.63) is 30.1 Å². The fraction of sp³-hybridized carbons (Fsp3) is 0.273. The van der Waals surface area contributed by atoms with Gasteiger partial charge in [0.05, 0.1) is 11.7 Å². The van der Waals surface area contributed by atoms with E-state index in [1.807, 2.05) is 19.3 Å². The maximum absolute atomic E-state index is 4.28. The Bertz CT molecular complexity index is 458. The molecule has 4 heteroatoms. The van der Waals surface area contributed by atoms with Crippen molar-refractivity contribution < 1.29 is 0 Å². The molecule has 0 spiro atoms. The Morgan fingerprint density at radius 2 is 2.40 bits per heavy atom. The minimum atomic E-state index is 0.905. The zero-order valence-electron chi connectivity index (χ0n) is 8.70. The zero-order chi connectivity index (χ0) is 10.5. The number of nitrogens with one attached hydrogen (secondary N) is 2. The summed E-state index contributed by atoms with van der Waals surface area (Å²) in [6.07, 6.45) is 8.81. The van der Waals surface area contributed by atoms with Crippen LogP contribution in [-0.2, 0) is 0 Å². The first-order valence-electron chi connectivity index (χ1n) is 5.00. The number of nitrogens with zero attached hydrogens (tertiary/aromatic N) is 2. The van der Waals surface area contributed by atoms with Gasteiger partial charge in [-0.3, -0.25) is 10.1 Å². The molecule has 0 aliphatic heterocycles. The lowest BCUT2D eigenvalue weighted by molar-refractivity contribution is 0.809. The Morgan fingerprint density at radius 3 is 3.27 bits per heavy atom. The average molecular weight is 202 g/mol. The third-order valence-electron chi connectivity index (χ3n) is 2.18. The van der Waals surface area contributed by atoms with E-state index in [1.165, 1.54) is 0 Å². The highest BCUT2D eigenvalue weighted by atomic mass is 15.1. The molecule has 78 valence electrons. The normalized spacial score (nSPS) is 11.5. The molecule has 2 heterocycles. The lowest BCUT2D eigenvalue weighted by Gasteiger charge is -1.94. The van der Waals surface area contributed by atoms with Gasteiger partial charge in [-0.1, -0.05) is 12.2 Å². The molecule has 0 amide bonds. The van der Waals surface area contributed by atoms with Crippen molar-refractivity contribution in [2.24, 2.45) is 0 Å². The predicted octanol–water partition coefficient (Wildman–Crippen LogP) is 1.58. The first kappa shape index (κ1) is 9.86. The molecule has 0 aromatic carbocycles. The maximum Gasteiger partial charge on any atom is 0.108 e. The second kappa shape index (κ2) is 4.70. The van der Waals surface area contributed by atoms with Crippen molar-refractivity contribution >= 4 is 17.1 Å². The van der Waals surface area contributed by atoms with Gasteiger partial charge in [-0.05, 0) is 31.6 Å². The van der Waals surface area contributed by atoms with Gasteiger partial charge in [0.15, 0.2) is 0 Å². The third-order valence-corrected chi connectivity index (χ3v) is 2.18. The standard InChI is InChI=1S/C11H14N4/c1-12-5-3-2-4-9-6-10-11(13-7-9)8-14-15-10/h2,4,6-8,12H,3,5H2,1H3,(H,14,15). The summed E-state index contributed by atoms with van der Waals surface area (Å²) in [5, 5.41) is 9.93. The number of H-pyrrole nitrogens is 1. The Morgan fingerprint density at radius 1 is 1.47 bits per heavy atom. The SMILES string of the molecule is CNCCC=Cc1cnc2cn[nH]c2c1. The van der Waals surface area contributed by atoms with Crippen molar-refractivity contribution in [1.82, 2.24) is 20.5 Å². The Labute approximate surface area is 88.4 Å². The minimum absolute atomic E-state index is 0.905. The van der Waals surface area contributed by atoms with Crippen molar-refractivity contribution in [1.29, 1.82) is 0 Å². The Balaban J connectivity index is 2.10. The summed E-state index contributed by atoms with van der Waals surface area (Å²) >= 11 is 0. The highest BCUT2D eigenvalue weighted by Crippen LogP contribution is 2.10. The summed E-state index contributed by atoms with van der Waals surface area (Å²) in [6.45, 7) is 0.996. The van der Waals surface area contributed by atoms with E-state index in [0.717, 1.165) is 29.6 Å². The van der Waals surface area contributed by atoms with E-state index in [0.29, 0.717) is 0 Å². The summed E-state index contributed by atoms with van der Waals surface area (Å²) in [4.78, 5) is 4.28. The van der Waals surface area contributed by atoms with E-state index in [9.17, 15) is 0 Å². The second-order valence-electron chi connectivity index (χ2n) is 3.37. The number of hydrogen-bond donors (Lipinski definition) is 2. The molecule has 2 aromatic rings. The molecule has 0 aliphatic carbocycles. The van der Waals surface area contributed by atoms with Gasteiger partial charge in [0.1, 0.15) is 5.52 Å². The van der Waals surface area contributed by atoms with E-state index in [1.54, 1.807) is 6.20 Å². The number of fused-ring (bicyclic) bond motifs is 1. The van der Waals surface area contributed by atoms with Gasteiger partial charge < -0.3 is 5.32 Å². The number of hydrogen-bond acceptors (Lipinski definition) is 3. The maximum atomic E-state index is 4.28. The molecule has 0 saturated heterocycles. The van der Waals surface area contributed by atoms with Crippen molar-refractivity contribution in [2.45, 2.75) is 6.42 Å². The molecule has 0 fully saturated rings. The lowest BCUT2D eigenvalue weighted by Crippen LogP contribution is -2.05. The third kappa shape index (κ3) is 2.41. The summed E-state index contributed by atoms with van der Waals surface area (Å²) in [7, 11) is 1.95. The van der Waals surface area contributed by atoms with Crippen LogP contribution in [0, 0.1) is 0 Å². The van der Waals surface area contributed by atoms with Gasteiger partial charge in [0, 0.05) is 6.20 Å². The molecule has 15 heavy (non-hydrogen) atoms. The first-order valence-corrected chi connectivity index (χ1v) is 5.00. The molecular formula is C11H14N4. The molecule has 0 unspecified atom stereocenters. The molecule has 0 bridgehead atoms. The molecule has 0 saturated carbocycles. The summed E-state index contributed by atoms with van der Waals surface area (Å²) in [6, 6.07) is 2.05. The van der Waals surface area contributed by atoms with E-state index < -0.39 is 0 Å². The number of rotatable bonds is 4. The van der Waals surface area contributed by atoms with Gasteiger partial charge in [0.2, 0.25) is 0 Å². The fourth-order valence-corrected chi connectivity index (χ4v) is 1.39. The predicted molar refractivity (Wildman–Crippen MR) is 61.5 cm³/mol. The molecule has 2 N–H and O–H groups in total. The number of aromatic nitrogens is 3. The minimum Gasteiger partial charge on any atom is -0.319 e. The summed E-state index contributed by atoms with van der Waals surface area (Å²) < 4.78 is 0. The lowest BCUT2D eigenvalue weighted by atomic mass is 10.2. The van der Waals surface area contributed by atoms with Crippen LogP contribution in [0.1, 0.15) is 12.0 Å². The monoisotopic (exact) mass is 202 g/mol. The van der Waals surface area contributed by atoms with Gasteiger partial charge >= 0.3 is 0 Å². The van der Waals surface area contributed by atoms with Crippen LogP contribution in [0.25, 0.3) is 17.1 Å². The highest BCUT2D eigenvalue weighted by Gasteiger charge is 1.96. The number of pyridine rings is 1. The van der Waals surface area contributed by atoms with Gasteiger partial charge in [-0.15, -0.1) is 0 Å². The Kier molecular flexibility index (Phi) is 3.09. The van der Waals surface area contributed by atoms with Crippen molar-refractivity contribution in [3.63, 3.8) is 0 Å². The van der Waals surface area contributed by atoms with Crippen LogP contribution < -0.4 is 5.32 Å². The molecule has 0 radical (unpaired) electrons. The van der Waals surface area contributed by atoms with Crippen LogP contribution in [0.5, 0.6) is 0 Å². The molecule has 0 aliphatic rings. The summed E-state index contributed by atoms with van der Waals surface area (Å²) in [5.74, 6) is 0. The second-order valence-corrected chi connectivity index (χ2v) is 3.37. The van der Waals surface area contributed by atoms with Crippen LogP contribution in [0.3, 0.4) is 0 Å². The Hall–Kier alpha value is -1.68.